The second-order valence-corrected chi connectivity index (χ2v) is 3.36. The molecule has 73 valence electrons. The number of benzene rings is 2. The zero-order valence-corrected chi connectivity index (χ0v) is 8.31. The SMILES string of the molecule is O=C(Cc1ccccc1)c1[c]cccc1. The average molecular weight is 195 g/mol. The Kier molecular flexibility index (Phi) is 2.93. The molecule has 0 aromatic heterocycles. The van der Waals surface area contributed by atoms with Gasteiger partial charge in [-0.25, -0.2) is 0 Å². The lowest BCUT2D eigenvalue weighted by Gasteiger charge is -2.00. The molecule has 2 rings (SSSR count). The van der Waals surface area contributed by atoms with Gasteiger partial charge in [0.1, 0.15) is 0 Å². The van der Waals surface area contributed by atoms with Gasteiger partial charge in [-0.1, -0.05) is 54.6 Å². The van der Waals surface area contributed by atoms with Gasteiger partial charge in [-0.3, -0.25) is 4.79 Å². The molecule has 0 saturated carbocycles. The molecular weight excluding hydrogens is 184 g/mol. The summed E-state index contributed by atoms with van der Waals surface area (Å²) >= 11 is 0. The Morgan fingerprint density at radius 1 is 1.00 bits per heavy atom. The maximum absolute atomic E-state index is 11.8. The van der Waals surface area contributed by atoms with Crippen molar-refractivity contribution in [1.29, 1.82) is 0 Å². The molecule has 0 fully saturated rings. The van der Waals surface area contributed by atoms with Crippen LogP contribution in [0.1, 0.15) is 15.9 Å². The molecule has 0 amide bonds. The van der Waals surface area contributed by atoms with Gasteiger partial charge in [-0.2, -0.15) is 0 Å². The topological polar surface area (TPSA) is 17.1 Å². The van der Waals surface area contributed by atoms with E-state index in [1.807, 2.05) is 42.5 Å². The molecule has 1 heteroatoms. The predicted molar refractivity (Wildman–Crippen MR) is 59.8 cm³/mol. The van der Waals surface area contributed by atoms with E-state index >= 15 is 0 Å². The van der Waals surface area contributed by atoms with Crippen LogP contribution in [0.2, 0.25) is 0 Å². The maximum Gasteiger partial charge on any atom is 0.167 e. The van der Waals surface area contributed by atoms with Crippen LogP contribution < -0.4 is 0 Å². The summed E-state index contributed by atoms with van der Waals surface area (Å²) in [6.07, 6.45) is 0.446. The smallest absolute Gasteiger partial charge is 0.167 e. The van der Waals surface area contributed by atoms with E-state index < -0.39 is 0 Å². The minimum atomic E-state index is 0.113. The van der Waals surface area contributed by atoms with Crippen molar-refractivity contribution in [2.24, 2.45) is 0 Å². The molecule has 0 saturated heterocycles. The summed E-state index contributed by atoms with van der Waals surface area (Å²) in [4.78, 5) is 11.8. The van der Waals surface area contributed by atoms with Crippen LogP contribution in [0.5, 0.6) is 0 Å². The molecule has 0 bridgehead atoms. The molecule has 1 radical (unpaired) electrons. The van der Waals surface area contributed by atoms with E-state index in [0.717, 1.165) is 5.56 Å². The predicted octanol–water partition coefficient (Wildman–Crippen LogP) is 2.91. The highest BCUT2D eigenvalue weighted by Gasteiger charge is 2.05. The molecule has 15 heavy (non-hydrogen) atoms. The summed E-state index contributed by atoms with van der Waals surface area (Å²) in [5, 5.41) is 0. The normalized spacial score (nSPS) is 9.87. The Hall–Kier alpha value is -1.89. The van der Waals surface area contributed by atoms with Crippen LogP contribution in [0.3, 0.4) is 0 Å². The van der Waals surface area contributed by atoms with Gasteiger partial charge in [0.15, 0.2) is 5.78 Å². The quantitative estimate of drug-likeness (QED) is 0.688. The summed E-state index contributed by atoms with van der Waals surface area (Å²) in [5.74, 6) is 0.113. The molecular formula is C14H11O. The minimum Gasteiger partial charge on any atom is -0.294 e. The summed E-state index contributed by atoms with van der Waals surface area (Å²) in [5.41, 5.74) is 1.70. The third kappa shape index (κ3) is 2.53. The number of Topliss-reactive ketones (excluding diaryl/α,β-unsaturated/α-hetero) is 1. The standard InChI is InChI=1S/C14H11O/c15-14(13-9-5-2-6-10-13)11-12-7-3-1-4-8-12/h1-9H,11H2. The highest BCUT2D eigenvalue weighted by molar-refractivity contribution is 5.97. The Morgan fingerprint density at radius 3 is 2.40 bits per heavy atom. The molecule has 0 heterocycles. The van der Waals surface area contributed by atoms with Gasteiger partial charge in [-0.05, 0) is 11.6 Å². The number of rotatable bonds is 3. The van der Waals surface area contributed by atoms with E-state index in [0.29, 0.717) is 12.0 Å². The lowest BCUT2D eigenvalue weighted by Crippen LogP contribution is -2.02. The van der Waals surface area contributed by atoms with Gasteiger partial charge in [0.2, 0.25) is 0 Å². The molecule has 2 aromatic rings. The van der Waals surface area contributed by atoms with Gasteiger partial charge < -0.3 is 0 Å². The third-order valence-corrected chi connectivity index (χ3v) is 2.22. The van der Waals surface area contributed by atoms with Crippen molar-refractivity contribution >= 4 is 5.78 Å². The van der Waals surface area contributed by atoms with E-state index in [1.165, 1.54) is 0 Å². The van der Waals surface area contributed by atoms with E-state index in [-0.39, 0.29) is 5.78 Å². The van der Waals surface area contributed by atoms with Crippen molar-refractivity contribution < 1.29 is 4.79 Å². The van der Waals surface area contributed by atoms with Crippen molar-refractivity contribution in [3.05, 3.63) is 71.8 Å². The fourth-order valence-electron chi connectivity index (χ4n) is 1.44. The average Bonchev–Trinajstić information content (AvgIpc) is 2.31. The second-order valence-electron chi connectivity index (χ2n) is 3.36. The number of hydrogen-bond donors (Lipinski definition) is 0. The fraction of sp³-hybridized carbons (Fsp3) is 0.0714. The van der Waals surface area contributed by atoms with E-state index in [2.05, 4.69) is 6.07 Å². The Bertz CT molecular complexity index is 431. The summed E-state index contributed by atoms with van der Waals surface area (Å²) in [6, 6.07) is 20.0. The van der Waals surface area contributed by atoms with Gasteiger partial charge in [-0.15, -0.1) is 0 Å². The van der Waals surface area contributed by atoms with Gasteiger partial charge >= 0.3 is 0 Å². The van der Waals surface area contributed by atoms with Crippen LogP contribution in [0.25, 0.3) is 0 Å². The fourth-order valence-corrected chi connectivity index (χ4v) is 1.44. The van der Waals surface area contributed by atoms with E-state index in [4.69, 9.17) is 0 Å². The van der Waals surface area contributed by atoms with Gasteiger partial charge in [0, 0.05) is 12.0 Å². The van der Waals surface area contributed by atoms with E-state index in [1.54, 1.807) is 12.1 Å². The van der Waals surface area contributed by atoms with Crippen molar-refractivity contribution in [2.45, 2.75) is 6.42 Å². The molecule has 2 aromatic carbocycles. The summed E-state index contributed by atoms with van der Waals surface area (Å²) in [7, 11) is 0. The molecule has 0 aliphatic carbocycles. The first-order valence-corrected chi connectivity index (χ1v) is 4.90. The van der Waals surface area contributed by atoms with Crippen LogP contribution in [0.15, 0.2) is 54.6 Å². The molecule has 0 N–H and O–H groups in total. The molecule has 0 aliphatic heterocycles. The third-order valence-electron chi connectivity index (χ3n) is 2.22. The zero-order chi connectivity index (χ0) is 10.5. The van der Waals surface area contributed by atoms with Crippen LogP contribution in [0, 0.1) is 6.07 Å². The Balaban J connectivity index is 2.12. The first-order valence-electron chi connectivity index (χ1n) is 4.90. The summed E-state index contributed by atoms with van der Waals surface area (Å²) < 4.78 is 0. The van der Waals surface area contributed by atoms with E-state index in [9.17, 15) is 4.79 Å². The number of ketones is 1. The zero-order valence-electron chi connectivity index (χ0n) is 8.31. The monoisotopic (exact) mass is 195 g/mol. The van der Waals surface area contributed by atoms with Crippen LogP contribution in [-0.4, -0.2) is 5.78 Å². The van der Waals surface area contributed by atoms with Crippen molar-refractivity contribution in [2.75, 3.05) is 0 Å². The van der Waals surface area contributed by atoms with Gasteiger partial charge in [0.05, 0.1) is 0 Å². The van der Waals surface area contributed by atoms with Crippen molar-refractivity contribution in [3.8, 4) is 0 Å². The molecule has 0 unspecified atom stereocenters. The number of carbonyl (C=O) groups is 1. The lowest BCUT2D eigenvalue weighted by molar-refractivity contribution is 0.0992. The molecule has 0 atom stereocenters. The van der Waals surface area contributed by atoms with Crippen LogP contribution >= 0.6 is 0 Å². The number of carbonyl (C=O) groups excluding carboxylic acids is 1. The largest absolute Gasteiger partial charge is 0.294 e. The van der Waals surface area contributed by atoms with Crippen molar-refractivity contribution in [1.82, 2.24) is 0 Å². The highest BCUT2D eigenvalue weighted by atomic mass is 16.1. The van der Waals surface area contributed by atoms with Gasteiger partial charge in [0.25, 0.3) is 0 Å². The second kappa shape index (κ2) is 4.56. The maximum atomic E-state index is 11.8. The summed E-state index contributed by atoms with van der Waals surface area (Å²) in [6.45, 7) is 0. The first kappa shape index (κ1) is 9.66. The number of hydrogen-bond acceptors (Lipinski definition) is 1. The molecule has 1 nitrogen and oxygen atoms in total. The molecule has 0 aliphatic rings. The Morgan fingerprint density at radius 2 is 1.73 bits per heavy atom. The Labute approximate surface area is 89.4 Å². The lowest BCUT2D eigenvalue weighted by atomic mass is 10.0. The van der Waals surface area contributed by atoms with Crippen molar-refractivity contribution in [3.63, 3.8) is 0 Å². The van der Waals surface area contributed by atoms with Crippen LogP contribution in [0.4, 0.5) is 0 Å². The van der Waals surface area contributed by atoms with Crippen LogP contribution in [-0.2, 0) is 6.42 Å². The first-order chi connectivity index (χ1) is 7.36. The molecule has 0 spiro atoms. The highest BCUT2D eigenvalue weighted by Crippen LogP contribution is 2.06. The minimum absolute atomic E-state index is 0.113.